The number of carbonyl (C=O) groups excluding carboxylic acids is 1. The highest BCUT2D eigenvalue weighted by Gasteiger charge is 2.16. The minimum absolute atomic E-state index is 0.125. The molecule has 8 heteroatoms. The van der Waals surface area contributed by atoms with Crippen LogP contribution in [-0.4, -0.2) is 15.9 Å². The Hall–Kier alpha value is -1.70. The van der Waals surface area contributed by atoms with Gasteiger partial charge in [0.15, 0.2) is 5.69 Å². The molecule has 4 N–H and O–H groups in total. The monoisotopic (exact) mass is 325 g/mol. The van der Waals surface area contributed by atoms with Crippen molar-refractivity contribution < 1.29 is 4.79 Å². The average molecular weight is 326 g/mol. The summed E-state index contributed by atoms with van der Waals surface area (Å²) in [5, 5.41) is 2.80. The van der Waals surface area contributed by atoms with Gasteiger partial charge in [-0.05, 0) is 12.1 Å². The Morgan fingerprint density at radius 3 is 2.81 bits per heavy atom. The predicted octanol–water partition coefficient (Wildman–Crippen LogP) is 2.53. The van der Waals surface area contributed by atoms with Crippen LogP contribution in [0.2, 0.25) is 4.34 Å². The van der Waals surface area contributed by atoms with Crippen molar-refractivity contribution in [1.29, 1.82) is 0 Å². The maximum absolute atomic E-state index is 12.3. The summed E-state index contributed by atoms with van der Waals surface area (Å²) in [6.07, 6.45) is 1.51. The van der Waals surface area contributed by atoms with Gasteiger partial charge < -0.3 is 10.7 Å². The van der Waals surface area contributed by atoms with Crippen LogP contribution in [0.25, 0.3) is 0 Å². The first kappa shape index (κ1) is 15.7. The molecule has 0 aromatic carbocycles. The molecule has 0 atom stereocenters. The molecule has 0 aliphatic heterocycles. The number of nitrogens with zero attached hydrogens (tertiary/aromatic N) is 2. The molecule has 0 aliphatic rings. The summed E-state index contributed by atoms with van der Waals surface area (Å²) in [5.74, 6) is 5.81. The normalized spacial score (nSPS) is 10.7. The molecule has 0 saturated heterocycles. The number of carbonyl (C=O) groups is 1. The standard InChI is InChI=1S/C13H16ClN5OS/c1-7(2)12-16-6-9(19-15)11(18-12)13(20)17-5-8-3-4-10(14)21-8/h3-4,6-7,19H,5,15H2,1-2H3,(H,17,20). The number of amides is 1. The number of hydrogen-bond donors (Lipinski definition) is 3. The average Bonchev–Trinajstić information content (AvgIpc) is 2.89. The van der Waals surface area contributed by atoms with Crippen molar-refractivity contribution in [3.63, 3.8) is 0 Å². The molecular weight excluding hydrogens is 310 g/mol. The van der Waals surface area contributed by atoms with Crippen LogP contribution >= 0.6 is 22.9 Å². The fraction of sp³-hybridized carbons (Fsp3) is 0.308. The number of halogens is 1. The topological polar surface area (TPSA) is 92.9 Å². The van der Waals surface area contributed by atoms with Gasteiger partial charge in [-0.15, -0.1) is 11.3 Å². The highest BCUT2D eigenvalue weighted by atomic mass is 35.5. The predicted molar refractivity (Wildman–Crippen MR) is 84.4 cm³/mol. The number of nitrogens with two attached hydrogens (primary N) is 1. The molecule has 2 aromatic heterocycles. The van der Waals surface area contributed by atoms with Gasteiger partial charge in [-0.1, -0.05) is 25.4 Å². The molecule has 21 heavy (non-hydrogen) atoms. The minimum Gasteiger partial charge on any atom is -0.346 e. The van der Waals surface area contributed by atoms with E-state index in [-0.39, 0.29) is 17.5 Å². The second-order valence-electron chi connectivity index (χ2n) is 4.68. The van der Waals surface area contributed by atoms with Crippen molar-refractivity contribution in [2.75, 3.05) is 5.43 Å². The Balaban J connectivity index is 2.15. The molecule has 2 heterocycles. The fourth-order valence-electron chi connectivity index (χ4n) is 1.65. The number of anilines is 1. The molecule has 1 amide bonds. The zero-order chi connectivity index (χ0) is 15.4. The van der Waals surface area contributed by atoms with E-state index in [1.807, 2.05) is 19.9 Å². The lowest BCUT2D eigenvalue weighted by molar-refractivity contribution is 0.0946. The van der Waals surface area contributed by atoms with Gasteiger partial charge in [0.25, 0.3) is 5.91 Å². The maximum atomic E-state index is 12.3. The van der Waals surface area contributed by atoms with Gasteiger partial charge in [0, 0.05) is 10.8 Å². The maximum Gasteiger partial charge on any atom is 0.272 e. The van der Waals surface area contributed by atoms with Crippen LogP contribution in [-0.2, 0) is 6.54 Å². The summed E-state index contributed by atoms with van der Waals surface area (Å²) in [6.45, 7) is 4.31. The van der Waals surface area contributed by atoms with Crippen molar-refractivity contribution in [3.05, 3.63) is 39.1 Å². The van der Waals surface area contributed by atoms with Crippen LogP contribution < -0.4 is 16.6 Å². The number of nitrogen functional groups attached to an aromatic ring is 1. The highest BCUT2D eigenvalue weighted by molar-refractivity contribution is 7.16. The van der Waals surface area contributed by atoms with Gasteiger partial charge in [-0.2, -0.15) is 0 Å². The van der Waals surface area contributed by atoms with E-state index < -0.39 is 0 Å². The van der Waals surface area contributed by atoms with Crippen LogP contribution in [0.4, 0.5) is 5.69 Å². The number of hydrogen-bond acceptors (Lipinski definition) is 6. The molecule has 0 saturated carbocycles. The molecule has 2 rings (SSSR count). The smallest absolute Gasteiger partial charge is 0.272 e. The summed E-state index contributed by atoms with van der Waals surface area (Å²) >= 11 is 7.28. The van der Waals surface area contributed by atoms with E-state index in [1.54, 1.807) is 6.07 Å². The second-order valence-corrected chi connectivity index (χ2v) is 6.48. The molecule has 0 fully saturated rings. The van der Waals surface area contributed by atoms with E-state index >= 15 is 0 Å². The molecule has 0 aliphatic carbocycles. The van der Waals surface area contributed by atoms with Crippen molar-refractivity contribution >= 4 is 34.5 Å². The Kier molecular flexibility index (Phi) is 5.11. The lowest BCUT2D eigenvalue weighted by atomic mass is 10.2. The van der Waals surface area contributed by atoms with Crippen molar-refractivity contribution in [1.82, 2.24) is 15.3 Å². The van der Waals surface area contributed by atoms with E-state index in [9.17, 15) is 4.79 Å². The quantitative estimate of drug-likeness (QED) is 0.580. The third-order valence-electron chi connectivity index (χ3n) is 2.75. The molecule has 0 spiro atoms. The zero-order valence-corrected chi connectivity index (χ0v) is 13.3. The van der Waals surface area contributed by atoms with Crippen molar-refractivity contribution in [2.45, 2.75) is 26.3 Å². The SMILES string of the molecule is CC(C)c1ncc(NN)c(C(=O)NCc2ccc(Cl)s2)n1. The Morgan fingerprint density at radius 1 is 1.48 bits per heavy atom. The summed E-state index contributed by atoms with van der Waals surface area (Å²) in [7, 11) is 0. The largest absolute Gasteiger partial charge is 0.346 e. The Morgan fingerprint density at radius 2 is 2.24 bits per heavy atom. The van der Waals surface area contributed by atoms with Gasteiger partial charge in [0.2, 0.25) is 0 Å². The molecule has 6 nitrogen and oxygen atoms in total. The van der Waals surface area contributed by atoms with Gasteiger partial charge >= 0.3 is 0 Å². The summed E-state index contributed by atoms with van der Waals surface area (Å²) < 4.78 is 0.688. The molecule has 2 aromatic rings. The van der Waals surface area contributed by atoms with Crippen molar-refractivity contribution in [3.8, 4) is 0 Å². The van der Waals surface area contributed by atoms with Gasteiger partial charge in [-0.25, -0.2) is 9.97 Å². The van der Waals surface area contributed by atoms with Gasteiger partial charge in [-0.3, -0.25) is 10.6 Å². The van der Waals surface area contributed by atoms with E-state index in [0.717, 1.165) is 4.88 Å². The number of hydrazine groups is 1. The number of aromatic nitrogens is 2. The lowest BCUT2D eigenvalue weighted by Crippen LogP contribution is -2.26. The van der Waals surface area contributed by atoms with Crippen LogP contribution in [0.5, 0.6) is 0 Å². The number of nitrogens with one attached hydrogen (secondary N) is 2. The fourth-order valence-corrected chi connectivity index (χ4v) is 2.68. The summed E-state index contributed by atoms with van der Waals surface area (Å²) in [4.78, 5) is 21.7. The molecule has 112 valence electrons. The number of rotatable bonds is 5. The van der Waals surface area contributed by atoms with E-state index in [0.29, 0.717) is 22.4 Å². The van der Waals surface area contributed by atoms with Crippen LogP contribution in [0, 0.1) is 0 Å². The van der Waals surface area contributed by atoms with Crippen LogP contribution in [0.15, 0.2) is 18.3 Å². The van der Waals surface area contributed by atoms with Crippen LogP contribution in [0.1, 0.15) is 41.0 Å². The second kappa shape index (κ2) is 6.84. The number of thiophene rings is 1. The van der Waals surface area contributed by atoms with Gasteiger partial charge in [0.1, 0.15) is 5.82 Å². The minimum atomic E-state index is -0.309. The Labute approximate surface area is 131 Å². The lowest BCUT2D eigenvalue weighted by Gasteiger charge is -2.11. The third-order valence-corrected chi connectivity index (χ3v) is 3.98. The molecule has 0 radical (unpaired) electrons. The molecule has 0 bridgehead atoms. The van der Waals surface area contributed by atoms with E-state index in [2.05, 4.69) is 20.7 Å². The zero-order valence-electron chi connectivity index (χ0n) is 11.7. The molecule has 0 unspecified atom stereocenters. The third kappa shape index (κ3) is 3.90. The van der Waals surface area contributed by atoms with E-state index in [4.69, 9.17) is 17.4 Å². The Bertz CT molecular complexity index is 643. The summed E-state index contributed by atoms with van der Waals surface area (Å²) in [6, 6.07) is 3.66. The first-order valence-corrected chi connectivity index (χ1v) is 7.56. The first-order valence-electron chi connectivity index (χ1n) is 6.37. The molecular formula is C13H16ClN5OS. The first-order chi connectivity index (χ1) is 10.0. The van der Waals surface area contributed by atoms with Crippen molar-refractivity contribution in [2.24, 2.45) is 5.84 Å². The summed E-state index contributed by atoms with van der Waals surface area (Å²) in [5.41, 5.74) is 3.07. The van der Waals surface area contributed by atoms with Gasteiger partial charge in [0.05, 0.1) is 22.8 Å². The van der Waals surface area contributed by atoms with Crippen LogP contribution in [0.3, 0.4) is 0 Å². The van der Waals surface area contributed by atoms with E-state index in [1.165, 1.54) is 17.5 Å². The highest BCUT2D eigenvalue weighted by Crippen LogP contribution is 2.21.